The number of imidazole rings is 1. The van der Waals surface area contributed by atoms with E-state index in [9.17, 15) is 15.0 Å². The number of carbonyl (C=O) groups is 1. The van der Waals surface area contributed by atoms with Gasteiger partial charge in [0.15, 0.2) is 11.5 Å². The monoisotopic (exact) mass is 321 g/mol. The number of hydrogen-bond donors (Lipinski definition) is 5. The Morgan fingerprint density at radius 2 is 2.00 bits per heavy atom. The molecule has 2 aromatic heterocycles. The Balaban J connectivity index is 2.10. The third kappa shape index (κ3) is 2.22. The number of carbonyl (C=O) groups excluding carboxylic acids is 1. The molecule has 6 N–H and O–H groups in total. The number of hydrogen-bond acceptors (Lipinski definition) is 8. The minimum atomic E-state index is -1.21. The zero-order valence-electron chi connectivity index (χ0n) is 12.7. The minimum absolute atomic E-state index is 0.227. The first-order valence-corrected chi connectivity index (χ1v) is 7.19. The van der Waals surface area contributed by atoms with Crippen molar-refractivity contribution >= 4 is 22.9 Å². The van der Waals surface area contributed by atoms with Crippen molar-refractivity contribution in [3.05, 3.63) is 12.7 Å². The van der Waals surface area contributed by atoms with Gasteiger partial charge in [-0.3, -0.25) is 4.79 Å². The van der Waals surface area contributed by atoms with Crippen LogP contribution in [0.4, 0.5) is 5.82 Å². The van der Waals surface area contributed by atoms with Crippen molar-refractivity contribution < 1.29 is 15.0 Å². The first-order valence-electron chi connectivity index (χ1n) is 7.19. The van der Waals surface area contributed by atoms with Gasteiger partial charge in [0.2, 0.25) is 5.91 Å². The van der Waals surface area contributed by atoms with Gasteiger partial charge in [-0.05, 0) is 7.05 Å². The van der Waals surface area contributed by atoms with Crippen molar-refractivity contribution in [2.24, 2.45) is 5.92 Å². The Bertz CT molecular complexity index is 733. The lowest BCUT2D eigenvalue weighted by Crippen LogP contribution is -2.45. The molecule has 0 spiro atoms. The average Bonchev–Trinajstić information content (AvgIpc) is 3.07. The highest BCUT2D eigenvalue weighted by molar-refractivity contribution is 5.82. The molecular formula is C13H19N7O3. The molecule has 5 atom stereocenters. The number of fused-ring (bicyclic) bond motifs is 1. The second-order valence-corrected chi connectivity index (χ2v) is 5.51. The summed E-state index contributed by atoms with van der Waals surface area (Å²) >= 11 is 0. The highest BCUT2D eigenvalue weighted by Gasteiger charge is 2.53. The predicted octanol–water partition coefficient (Wildman–Crippen LogP) is -2.36. The van der Waals surface area contributed by atoms with E-state index in [-0.39, 0.29) is 11.7 Å². The molecule has 124 valence electrons. The molecule has 0 saturated heterocycles. The fraction of sp³-hybridized carbons (Fsp3) is 0.538. The van der Waals surface area contributed by atoms with Crippen molar-refractivity contribution in [3.8, 4) is 0 Å². The fourth-order valence-electron chi connectivity index (χ4n) is 3.31. The quantitative estimate of drug-likeness (QED) is 0.421. The smallest absolute Gasteiger partial charge is 0.227 e. The van der Waals surface area contributed by atoms with Gasteiger partial charge in [0.1, 0.15) is 17.9 Å². The van der Waals surface area contributed by atoms with Crippen LogP contribution in [0.25, 0.3) is 11.2 Å². The molecule has 2 heterocycles. The molecule has 1 aliphatic rings. The molecule has 0 radical (unpaired) electrons. The number of aliphatic hydroxyl groups is 2. The van der Waals surface area contributed by atoms with Gasteiger partial charge in [-0.15, -0.1) is 0 Å². The van der Waals surface area contributed by atoms with E-state index in [4.69, 9.17) is 5.73 Å². The van der Waals surface area contributed by atoms with E-state index in [0.29, 0.717) is 11.2 Å². The summed E-state index contributed by atoms with van der Waals surface area (Å²) in [6.07, 6.45) is 0.405. The summed E-state index contributed by atoms with van der Waals surface area (Å²) in [5, 5.41) is 26.3. The second kappa shape index (κ2) is 5.72. The van der Waals surface area contributed by atoms with Crippen LogP contribution in [0.5, 0.6) is 0 Å². The lowest BCUT2D eigenvalue weighted by Gasteiger charge is -2.25. The number of rotatable bonds is 3. The van der Waals surface area contributed by atoms with Crippen LogP contribution in [0.15, 0.2) is 12.7 Å². The summed E-state index contributed by atoms with van der Waals surface area (Å²) in [4.78, 5) is 24.3. The van der Waals surface area contributed by atoms with Crippen molar-refractivity contribution in [3.63, 3.8) is 0 Å². The van der Waals surface area contributed by atoms with E-state index in [0.717, 1.165) is 0 Å². The van der Waals surface area contributed by atoms with Gasteiger partial charge in [-0.1, -0.05) is 0 Å². The Kier molecular flexibility index (Phi) is 3.88. The SMILES string of the molecule is CNC(=O)[C@@H]1[C@@H](O)[C@@H](O)[C@H](n2cnc3c(N)ncnc32)[C@H]1NC. The zero-order valence-corrected chi connectivity index (χ0v) is 12.7. The van der Waals surface area contributed by atoms with Gasteiger partial charge in [0.05, 0.1) is 24.4 Å². The van der Waals surface area contributed by atoms with Crippen LogP contribution >= 0.6 is 0 Å². The van der Waals surface area contributed by atoms with Gasteiger partial charge in [-0.25, -0.2) is 15.0 Å². The van der Waals surface area contributed by atoms with Crippen molar-refractivity contribution in [1.29, 1.82) is 0 Å². The Hall–Kier alpha value is -2.30. The first-order chi connectivity index (χ1) is 11.0. The third-order valence-corrected chi connectivity index (χ3v) is 4.41. The predicted molar refractivity (Wildman–Crippen MR) is 81.2 cm³/mol. The van der Waals surface area contributed by atoms with E-state index >= 15 is 0 Å². The van der Waals surface area contributed by atoms with Crippen LogP contribution in [-0.4, -0.2) is 68.0 Å². The summed E-state index contributed by atoms with van der Waals surface area (Å²) in [6, 6.07) is -1.13. The number of nitrogens with two attached hydrogens (primary N) is 1. The van der Waals surface area contributed by atoms with Crippen LogP contribution in [0.3, 0.4) is 0 Å². The number of aliphatic hydroxyl groups excluding tert-OH is 2. The second-order valence-electron chi connectivity index (χ2n) is 5.51. The van der Waals surface area contributed by atoms with Gasteiger partial charge in [0, 0.05) is 13.1 Å². The normalized spacial score (nSPS) is 30.7. The molecule has 0 bridgehead atoms. The minimum Gasteiger partial charge on any atom is -0.389 e. The fourth-order valence-corrected chi connectivity index (χ4v) is 3.31. The van der Waals surface area contributed by atoms with Crippen LogP contribution in [0, 0.1) is 5.92 Å². The average molecular weight is 321 g/mol. The van der Waals surface area contributed by atoms with E-state index in [1.165, 1.54) is 19.7 Å². The number of nitrogens with one attached hydrogen (secondary N) is 2. The largest absolute Gasteiger partial charge is 0.389 e. The van der Waals surface area contributed by atoms with Gasteiger partial charge in [-0.2, -0.15) is 0 Å². The highest BCUT2D eigenvalue weighted by Crippen LogP contribution is 2.37. The molecular weight excluding hydrogens is 302 g/mol. The van der Waals surface area contributed by atoms with Crippen molar-refractivity contribution in [2.45, 2.75) is 24.3 Å². The number of amides is 1. The van der Waals surface area contributed by atoms with Crippen LogP contribution in [0.2, 0.25) is 0 Å². The Labute approximate surface area is 131 Å². The van der Waals surface area contributed by atoms with Crippen LogP contribution in [-0.2, 0) is 4.79 Å². The maximum absolute atomic E-state index is 12.1. The molecule has 1 aliphatic carbocycles. The Morgan fingerprint density at radius 3 is 2.65 bits per heavy atom. The lowest BCUT2D eigenvalue weighted by molar-refractivity contribution is -0.129. The summed E-state index contributed by atoms with van der Waals surface area (Å²) < 4.78 is 1.62. The zero-order chi connectivity index (χ0) is 16.7. The topological polar surface area (TPSA) is 151 Å². The summed E-state index contributed by atoms with van der Waals surface area (Å²) in [5.41, 5.74) is 6.62. The third-order valence-electron chi connectivity index (χ3n) is 4.41. The summed E-state index contributed by atoms with van der Waals surface area (Å²) in [5.74, 6) is -0.927. The first kappa shape index (κ1) is 15.6. The number of aromatic nitrogens is 4. The molecule has 3 rings (SSSR count). The molecule has 1 fully saturated rings. The molecule has 0 aliphatic heterocycles. The van der Waals surface area contributed by atoms with E-state index in [2.05, 4.69) is 25.6 Å². The maximum atomic E-state index is 12.1. The Morgan fingerprint density at radius 1 is 1.26 bits per heavy atom. The van der Waals surface area contributed by atoms with Crippen molar-refractivity contribution in [1.82, 2.24) is 30.2 Å². The number of likely N-dealkylation sites (N-methyl/N-ethyl adjacent to an activating group) is 1. The van der Waals surface area contributed by atoms with Crippen molar-refractivity contribution in [2.75, 3.05) is 19.8 Å². The number of anilines is 1. The summed E-state index contributed by atoms with van der Waals surface area (Å²) in [7, 11) is 3.16. The van der Waals surface area contributed by atoms with E-state index in [1.807, 2.05) is 0 Å². The molecule has 0 unspecified atom stereocenters. The number of nitrogens with zero attached hydrogens (tertiary/aromatic N) is 4. The van der Waals surface area contributed by atoms with Gasteiger partial charge >= 0.3 is 0 Å². The molecule has 0 aromatic carbocycles. The molecule has 1 amide bonds. The molecule has 10 heteroatoms. The molecule has 10 nitrogen and oxygen atoms in total. The van der Waals surface area contributed by atoms with E-state index < -0.39 is 30.2 Å². The van der Waals surface area contributed by atoms with Gasteiger partial charge < -0.3 is 31.1 Å². The summed E-state index contributed by atoms with van der Waals surface area (Å²) in [6.45, 7) is 0. The molecule has 23 heavy (non-hydrogen) atoms. The number of nitrogen functional groups attached to an aromatic ring is 1. The standard InChI is InChI=1S/C13H19N7O3/c1-15-6-5(13(23)16-2)9(21)10(22)8(6)20-4-19-7-11(14)17-3-18-12(7)20/h3-6,8-10,15,21-22H,1-2H3,(H,16,23)(H2,14,17,18)/t5-,6-,8+,9+,10-/m0/s1. The maximum Gasteiger partial charge on any atom is 0.227 e. The lowest BCUT2D eigenvalue weighted by atomic mass is 9.99. The van der Waals surface area contributed by atoms with Crippen LogP contribution < -0.4 is 16.4 Å². The van der Waals surface area contributed by atoms with Gasteiger partial charge in [0.25, 0.3) is 0 Å². The highest BCUT2D eigenvalue weighted by atomic mass is 16.3. The van der Waals surface area contributed by atoms with E-state index in [1.54, 1.807) is 11.6 Å². The molecule has 1 saturated carbocycles. The van der Waals surface area contributed by atoms with Crippen LogP contribution in [0.1, 0.15) is 6.04 Å². The molecule has 2 aromatic rings.